The largest absolute Gasteiger partial charge is 0.379 e. The Morgan fingerprint density at radius 3 is 2.73 bits per heavy atom. The summed E-state index contributed by atoms with van der Waals surface area (Å²) in [5, 5.41) is 0. The zero-order valence-electron chi connectivity index (χ0n) is 13.8. The van der Waals surface area contributed by atoms with E-state index in [4.69, 9.17) is 9.47 Å². The molecule has 0 bridgehead atoms. The summed E-state index contributed by atoms with van der Waals surface area (Å²) in [5.41, 5.74) is 1.88. The monoisotopic (exact) mass is 303 g/mol. The first-order valence-corrected chi connectivity index (χ1v) is 8.75. The molecule has 0 radical (unpaired) electrons. The van der Waals surface area contributed by atoms with E-state index < -0.39 is 0 Å². The number of piperidine rings is 1. The first kappa shape index (κ1) is 16.0. The van der Waals surface area contributed by atoms with E-state index in [-0.39, 0.29) is 0 Å². The highest BCUT2D eigenvalue weighted by molar-refractivity contribution is 5.14. The number of likely N-dealkylation sites (tertiary alicyclic amines) is 1. The quantitative estimate of drug-likeness (QED) is 0.806. The van der Waals surface area contributed by atoms with Crippen LogP contribution in [-0.2, 0) is 15.9 Å². The van der Waals surface area contributed by atoms with Crippen LogP contribution in [0.2, 0.25) is 0 Å². The number of hydrogen-bond acceptors (Lipinski definition) is 3. The number of nitrogens with zero attached hydrogens (tertiary/aromatic N) is 1. The van der Waals surface area contributed by atoms with Gasteiger partial charge in [0.05, 0.1) is 19.3 Å². The molecule has 2 heterocycles. The highest BCUT2D eigenvalue weighted by Crippen LogP contribution is 2.41. The minimum Gasteiger partial charge on any atom is -0.379 e. The summed E-state index contributed by atoms with van der Waals surface area (Å²) in [5.74, 6) is 0. The highest BCUT2D eigenvalue weighted by Gasteiger charge is 2.42. The lowest BCUT2D eigenvalue weighted by Gasteiger charge is -2.38. The summed E-state index contributed by atoms with van der Waals surface area (Å²) in [6.45, 7) is 8.18. The van der Waals surface area contributed by atoms with Crippen molar-refractivity contribution < 1.29 is 9.47 Å². The highest BCUT2D eigenvalue weighted by atomic mass is 16.5. The molecule has 2 fully saturated rings. The van der Waals surface area contributed by atoms with E-state index in [0.29, 0.717) is 11.5 Å². The molecule has 0 aliphatic carbocycles. The van der Waals surface area contributed by atoms with E-state index in [1.54, 1.807) is 0 Å². The average Bonchev–Trinajstić information content (AvgIpc) is 2.96. The molecule has 3 nitrogen and oxygen atoms in total. The maximum Gasteiger partial charge on any atom is 0.0814 e. The van der Waals surface area contributed by atoms with E-state index in [2.05, 4.69) is 42.2 Å². The molecule has 0 amide bonds. The normalized spacial score (nSPS) is 24.9. The van der Waals surface area contributed by atoms with E-state index in [0.717, 1.165) is 26.2 Å². The van der Waals surface area contributed by atoms with Gasteiger partial charge in [-0.05, 0) is 56.7 Å². The van der Waals surface area contributed by atoms with E-state index in [9.17, 15) is 0 Å². The van der Waals surface area contributed by atoms with Crippen LogP contribution in [0, 0.1) is 5.41 Å². The molecule has 2 aliphatic rings. The Bertz CT molecular complexity index is 440. The van der Waals surface area contributed by atoms with Crippen molar-refractivity contribution in [2.24, 2.45) is 5.41 Å². The molecular weight excluding hydrogens is 274 g/mol. The summed E-state index contributed by atoms with van der Waals surface area (Å²) in [6.07, 6.45) is 5.25. The summed E-state index contributed by atoms with van der Waals surface area (Å²) >= 11 is 0. The van der Waals surface area contributed by atoms with Gasteiger partial charge >= 0.3 is 0 Å². The lowest BCUT2D eigenvalue weighted by Crippen LogP contribution is -2.41. The van der Waals surface area contributed by atoms with Crippen LogP contribution >= 0.6 is 0 Å². The Morgan fingerprint density at radius 1 is 1.23 bits per heavy atom. The van der Waals surface area contributed by atoms with Crippen molar-refractivity contribution in [1.29, 1.82) is 0 Å². The molecule has 1 spiro atoms. The van der Waals surface area contributed by atoms with Crippen molar-refractivity contribution in [1.82, 2.24) is 4.90 Å². The van der Waals surface area contributed by atoms with Crippen molar-refractivity contribution in [2.45, 2.75) is 38.7 Å². The van der Waals surface area contributed by atoms with Gasteiger partial charge in [0.25, 0.3) is 0 Å². The minimum absolute atomic E-state index is 0.329. The Labute approximate surface area is 134 Å². The standard InChI is InChI=1S/C19H29NO2/c1-2-21-15-18-14-19(16-22-18)9-12-20(13-10-19)11-8-17-6-4-3-5-7-17/h3-7,18H,2,8-16H2,1H3/t18-/m1/s1. The number of hydrogen-bond donors (Lipinski definition) is 0. The third kappa shape index (κ3) is 4.09. The molecule has 122 valence electrons. The fourth-order valence-corrected chi connectivity index (χ4v) is 3.78. The van der Waals surface area contributed by atoms with Gasteiger partial charge in [-0.1, -0.05) is 30.3 Å². The zero-order valence-corrected chi connectivity index (χ0v) is 13.8. The third-order valence-electron chi connectivity index (χ3n) is 5.27. The maximum atomic E-state index is 5.97. The molecular formula is C19H29NO2. The Kier molecular flexibility index (Phi) is 5.51. The van der Waals surface area contributed by atoms with Gasteiger partial charge in [0.15, 0.2) is 0 Å². The van der Waals surface area contributed by atoms with Crippen LogP contribution in [0.25, 0.3) is 0 Å². The Morgan fingerprint density at radius 2 is 2.00 bits per heavy atom. The van der Waals surface area contributed by atoms with Crippen molar-refractivity contribution in [3.63, 3.8) is 0 Å². The molecule has 0 N–H and O–H groups in total. The topological polar surface area (TPSA) is 21.7 Å². The van der Waals surface area contributed by atoms with Gasteiger partial charge in [0, 0.05) is 13.2 Å². The summed E-state index contributed by atoms with van der Waals surface area (Å²) in [7, 11) is 0. The molecule has 2 saturated heterocycles. The fourth-order valence-electron chi connectivity index (χ4n) is 3.78. The van der Waals surface area contributed by atoms with Gasteiger partial charge < -0.3 is 14.4 Å². The molecule has 3 rings (SSSR count). The summed E-state index contributed by atoms with van der Waals surface area (Å²) < 4.78 is 11.5. The molecule has 0 saturated carbocycles. The molecule has 0 aromatic heterocycles. The lowest BCUT2D eigenvalue weighted by atomic mass is 9.76. The lowest BCUT2D eigenvalue weighted by molar-refractivity contribution is 0.0160. The van der Waals surface area contributed by atoms with Gasteiger partial charge in [-0.2, -0.15) is 0 Å². The van der Waals surface area contributed by atoms with Crippen molar-refractivity contribution in [3.8, 4) is 0 Å². The number of benzene rings is 1. The number of ether oxygens (including phenoxy) is 2. The van der Waals surface area contributed by atoms with Crippen LogP contribution in [0.5, 0.6) is 0 Å². The van der Waals surface area contributed by atoms with Gasteiger partial charge in [0.2, 0.25) is 0 Å². The van der Waals surface area contributed by atoms with Crippen molar-refractivity contribution >= 4 is 0 Å². The van der Waals surface area contributed by atoms with Crippen LogP contribution < -0.4 is 0 Å². The van der Waals surface area contributed by atoms with Gasteiger partial charge in [0.1, 0.15) is 0 Å². The first-order chi connectivity index (χ1) is 10.8. The Balaban J connectivity index is 1.41. The predicted octanol–water partition coefficient (Wildman–Crippen LogP) is 3.14. The van der Waals surface area contributed by atoms with Crippen LogP contribution in [-0.4, -0.2) is 50.5 Å². The third-order valence-corrected chi connectivity index (χ3v) is 5.27. The second-order valence-electron chi connectivity index (χ2n) is 6.87. The first-order valence-electron chi connectivity index (χ1n) is 8.75. The smallest absolute Gasteiger partial charge is 0.0814 e. The molecule has 22 heavy (non-hydrogen) atoms. The molecule has 1 aromatic carbocycles. The van der Waals surface area contributed by atoms with Crippen LogP contribution in [0.15, 0.2) is 30.3 Å². The van der Waals surface area contributed by atoms with Crippen LogP contribution in [0.3, 0.4) is 0 Å². The summed E-state index contributed by atoms with van der Waals surface area (Å²) in [6, 6.07) is 10.8. The average molecular weight is 303 g/mol. The zero-order chi connectivity index (χ0) is 15.3. The van der Waals surface area contributed by atoms with Crippen molar-refractivity contribution in [2.75, 3.05) is 39.5 Å². The van der Waals surface area contributed by atoms with E-state index in [1.165, 1.54) is 44.5 Å². The molecule has 3 heteroatoms. The maximum absolute atomic E-state index is 5.97. The van der Waals surface area contributed by atoms with Crippen LogP contribution in [0.4, 0.5) is 0 Å². The van der Waals surface area contributed by atoms with E-state index >= 15 is 0 Å². The Hall–Kier alpha value is -0.900. The SMILES string of the molecule is CCOC[C@H]1CC2(CCN(CCc3ccccc3)CC2)CO1. The molecule has 2 aliphatic heterocycles. The summed E-state index contributed by atoms with van der Waals surface area (Å²) in [4.78, 5) is 2.62. The van der Waals surface area contributed by atoms with Gasteiger partial charge in [-0.3, -0.25) is 0 Å². The fraction of sp³-hybridized carbons (Fsp3) is 0.684. The molecule has 1 aromatic rings. The van der Waals surface area contributed by atoms with Crippen molar-refractivity contribution in [3.05, 3.63) is 35.9 Å². The van der Waals surface area contributed by atoms with E-state index in [1.807, 2.05) is 0 Å². The molecule has 1 atom stereocenters. The second kappa shape index (κ2) is 7.58. The van der Waals surface area contributed by atoms with Crippen LogP contribution in [0.1, 0.15) is 31.7 Å². The second-order valence-corrected chi connectivity index (χ2v) is 6.87. The molecule has 0 unspecified atom stereocenters. The van der Waals surface area contributed by atoms with Gasteiger partial charge in [-0.15, -0.1) is 0 Å². The minimum atomic E-state index is 0.329. The number of rotatable bonds is 6. The van der Waals surface area contributed by atoms with Gasteiger partial charge in [-0.25, -0.2) is 0 Å². The predicted molar refractivity (Wildman–Crippen MR) is 89.1 cm³/mol.